The Hall–Kier alpha value is -1.67. The predicted octanol–water partition coefficient (Wildman–Crippen LogP) is 2.81. The molecule has 0 unspecified atom stereocenters. The fourth-order valence-electron chi connectivity index (χ4n) is 1.89. The molecule has 24 heavy (non-hydrogen) atoms. The van der Waals surface area contributed by atoms with Crippen molar-refractivity contribution in [2.24, 2.45) is 0 Å². The highest BCUT2D eigenvalue weighted by atomic mass is 35.5. The van der Waals surface area contributed by atoms with Crippen molar-refractivity contribution in [3.8, 4) is 17.0 Å². The summed E-state index contributed by atoms with van der Waals surface area (Å²) in [5.41, 5.74) is 1.82. The third kappa shape index (κ3) is 6.45. The lowest BCUT2D eigenvalue weighted by Gasteiger charge is -2.04. The summed E-state index contributed by atoms with van der Waals surface area (Å²) >= 11 is 1.40. The predicted molar refractivity (Wildman–Crippen MR) is 99.3 cm³/mol. The number of ether oxygens (including phenoxy) is 2. The fraction of sp³-hybridized carbons (Fsp3) is 0.375. The highest BCUT2D eigenvalue weighted by molar-refractivity contribution is 7.14. The standard InChI is InChI=1S/C16H21N3O3S.ClH/c1-3-22-13-6-4-12(5-7-13)14-11-23-16(18-14)19-15(20)10-17-8-9-21-2;/h4-7,11,17H,3,8-10H2,1-2H3,(H,18,19,20);1H. The molecule has 0 spiro atoms. The fourth-order valence-corrected chi connectivity index (χ4v) is 2.63. The Morgan fingerprint density at radius 1 is 1.29 bits per heavy atom. The number of halogens is 1. The van der Waals surface area contributed by atoms with Crippen LogP contribution >= 0.6 is 23.7 Å². The van der Waals surface area contributed by atoms with Gasteiger partial charge in [-0.3, -0.25) is 4.79 Å². The number of hydrogen-bond acceptors (Lipinski definition) is 6. The van der Waals surface area contributed by atoms with Crippen molar-refractivity contribution >= 4 is 34.8 Å². The lowest BCUT2D eigenvalue weighted by atomic mass is 10.2. The SMILES string of the molecule is CCOc1ccc(-c2csc(NC(=O)CNCCOC)n2)cc1.Cl. The molecule has 0 bridgehead atoms. The third-order valence-electron chi connectivity index (χ3n) is 2.98. The quantitative estimate of drug-likeness (QED) is 0.663. The van der Waals surface area contributed by atoms with Crippen molar-refractivity contribution in [3.63, 3.8) is 0 Å². The number of carbonyl (C=O) groups excluding carboxylic acids is 1. The topological polar surface area (TPSA) is 72.5 Å². The van der Waals surface area contributed by atoms with Crippen LogP contribution in [0.1, 0.15) is 6.92 Å². The van der Waals surface area contributed by atoms with Gasteiger partial charge in [0.2, 0.25) is 5.91 Å². The van der Waals surface area contributed by atoms with E-state index in [9.17, 15) is 4.79 Å². The lowest BCUT2D eigenvalue weighted by Crippen LogP contribution is -2.30. The summed E-state index contributed by atoms with van der Waals surface area (Å²) in [6, 6.07) is 7.74. The van der Waals surface area contributed by atoms with Gasteiger partial charge in [0.1, 0.15) is 5.75 Å². The summed E-state index contributed by atoms with van der Waals surface area (Å²) in [4.78, 5) is 16.2. The zero-order valence-electron chi connectivity index (χ0n) is 13.7. The molecule has 1 aromatic heterocycles. The van der Waals surface area contributed by atoms with E-state index in [1.54, 1.807) is 7.11 Å². The molecule has 0 aliphatic heterocycles. The third-order valence-corrected chi connectivity index (χ3v) is 3.74. The Balaban J connectivity index is 0.00000288. The molecule has 0 fully saturated rings. The van der Waals surface area contributed by atoms with Gasteiger partial charge < -0.3 is 20.1 Å². The number of nitrogens with one attached hydrogen (secondary N) is 2. The minimum absolute atomic E-state index is 0. The smallest absolute Gasteiger partial charge is 0.240 e. The van der Waals surface area contributed by atoms with Gasteiger partial charge in [0, 0.05) is 24.6 Å². The first-order valence-corrected chi connectivity index (χ1v) is 8.29. The number of amides is 1. The molecule has 1 heterocycles. The van der Waals surface area contributed by atoms with Crippen LogP contribution in [0.2, 0.25) is 0 Å². The van der Waals surface area contributed by atoms with E-state index in [1.165, 1.54) is 11.3 Å². The van der Waals surface area contributed by atoms with Gasteiger partial charge in [-0.2, -0.15) is 0 Å². The number of methoxy groups -OCH3 is 1. The van der Waals surface area contributed by atoms with E-state index in [0.29, 0.717) is 24.9 Å². The first-order chi connectivity index (χ1) is 11.2. The number of anilines is 1. The van der Waals surface area contributed by atoms with Gasteiger partial charge in [0.15, 0.2) is 5.13 Å². The Labute approximate surface area is 152 Å². The second-order valence-corrected chi connectivity index (χ2v) is 5.57. The van der Waals surface area contributed by atoms with Gasteiger partial charge in [0.05, 0.1) is 25.5 Å². The molecule has 1 amide bonds. The van der Waals surface area contributed by atoms with Gasteiger partial charge in [-0.25, -0.2) is 4.98 Å². The molecule has 1 aromatic carbocycles. The second-order valence-electron chi connectivity index (χ2n) is 4.71. The van der Waals surface area contributed by atoms with Crippen LogP contribution in [0.25, 0.3) is 11.3 Å². The summed E-state index contributed by atoms with van der Waals surface area (Å²) in [6.07, 6.45) is 0. The highest BCUT2D eigenvalue weighted by Crippen LogP contribution is 2.26. The molecule has 132 valence electrons. The first-order valence-electron chi connectivity index (χ1n) is 7.41. The maximum Gasteiger partial charge on any atom is 0.240 e. The van der Waals surface area contributed by atoms with Crippen LogP contribution in [0.3, 0.4) is 0 Å². The summed E-state index contributed by atoms with van der Waals surface area (Å²) in [6.45, 7) is 4.05. The van der Waals surface area contributed by atoms with Crippen molar-refractivity contribution in [2.45, 2.75) is 6.92 Å². The molecule has 8 heteroatoms. The number of rotatable bonds is 9. The van der Waals surface area contributed by atoms with E-state index < -0.39 is 0 Å². The number of nitrogens with zero attached hydrogens (tertiary/aromatic N) is 1. The van der Waals surface area contributed by atoms with Gasteiger partial charge in [-0.1, -0.05) is 0 Å². The van der Waals surface area contributed by atoms with E-state index >= 15 is 0 Å². The van der Waals surface area contributed by atoms with Crippen molar-refractivity contribution in [2.75, 3.05) is 38.7 Å². The van der Waals surface area contributed by atoms with E-state index in [2.05, 4.69) is 15.6 Å². The van der Waals surface area contributed by atoms with E-state index in [1.807, 2.05) is 36.6 Å². The molecule has 0 aliphatic carbocycles. The maximum absolute atomic E-state index is 11.8. The minimum atomic E-state index is -0.117. The van der Waals surface area contributed by atoms with E-state index in [0.717, 1.165) is 17.0 Å². The van der Waals surface area contributed by atoms with Crippen LogP contribution < -0.4 is 15.4 Å². The van der Waals surface area contributed by atoms with Crippen LogP contribution in [0, 0.1) is 0 Å². The molecule has 0 saturated heterocycles. The lowest BCUT2D eigenvalue weighted by molar-refractivity contribution is -0.115. The Bertz CT molecular complexity index is 619. The van der Waals surface area contributed by atoms with Crippen molar-refractivity contribution in [1.82, 2.24) is 10.3 Å². The number of hydrogen-bond donors (Lipinski definition) is 2. The molecule has 2 rings (SSSR count). The second kappa shape index (κ2) is 11.0. The maximum atomic E-state index is 11.8. The molecule has 0 atom stereocenters. The number of carbonyl (C=O) groups is 1. The zero-order valence-corrected chi connectivity index (χ0v) is 15.3. The summed E-state index contributed by atoms with van der Waals surface area (Å²) < 4.78 is 10.3. The Morgan fingerprint density at radius 2 is 2.04 bits per heavy atom. The average Bonchev–Trinajstić information content (AvgIpc) is 3.01. The number of benzene rings is 1. The van der Waals surface area contributed by atoms with Crippen LogP contribution in [0.15, 0.2) is 29.6 Å². The Kier molecular flexibility index (Phi) is 9.33. The highest BCUT2D eigenvalue weighted by Gasteiger charge is 2.08. The van der Waals surface area contributed by atoms with Crippen molar-refractivity contribution in [3.05, 3.63) is 29.6 Å². The van der Waals surface area contributed by atoms with Crippen molar-refractivity contribution < 1.29 is 14.3 Å². The van der Waals surface area contributed by atoms with Crippen LogP contribution in [0.5, 0.6) is 5.75 Å². The molecule has 0 saturated carbocycles. The molecule has 2 aromatic rings. The molecule has 2 N–H and O–H groups in total. The van der Waals surface area contributed by atoms with E-state index in [-0.39, 0.29) is 24.9 Å². The molecule has 6 nitrogen and oxygen atoms in total. The Morgan fingerprint density at radius 3 is 2.71 bits per heavy atom. The monoisotopic (exact) mass is 371 g/mol. The van der Waals surface area contributed by atoms with Crippen LogP contribution in [-0.4, -0.2) is 44.3 Å². The molecule has 0 aliphatic rings. The van der Waals surface area contributed by atoms with E-state index in [4.69, 9.17) is 9.47 Å². The molecular weight excluding hydrogens is 350 g/mol. The minimum Gasteiger partial charge on any atom is -0.494 e. The van der Waals surface area contributed by atoms with Gasteiger partial charge in [0.25, 0.3) is 0 Å². The van der Waals surface area contributed by atoms with Gasteiger partial charge in [-0.05, 0) is 31.2 Å². The van der Waals surface area contributed by atoms with Crippen LogP contribution in [-0.2, 0) is 9.53 Å². The largest absolute Gasteiger partial charge is 0.494 e. The normalized spacial score (nSPS) is 10.1. The molecular formula is C16H22ClN3O3S. The summed E-state index contributed by atoms with van der Waals surface area (Å²) in [5.74, 6) is 0.718. The average molecular weight is 372 g/mol. The van der Waals surface area contributed by atoms with Gasteiger partial charge in [-0.15, -0.1) is 23.7 Å². The first kappa shape index (κ1) is 20.4. The molecule has 0 radical (unpaired) electrons. The summed E-state index contributed by atoms with van der Waals surface area (Å²) in [7, 11) is 1.62. The number of aromatic nitrogens is 1. The summed E-state index contributed by atoms with van der Waals surface area (Å²) in [5, 5.41) is 8.28. The van der Waals surface area contributed by atoms with Crippen molar-refractivity contribution in [1.29, 1.82) is 0 Å². The zero-order chi connectivity index (χ0) is 16.5. The van der Waals surface area contributed by atoms with Crippen LogP contribution in [0.4, 0.5) is 5.13 Å². The van der Waals surface area contributed by atoms with Gasteiger partial charge >= 0.3 is 0 Å². The number of thiazole rings is 1.